The molecule has 0 N–H and O–H groups in total. The van der Waals surface area contributed by atoms with Crippen LogP contribution in [-0.2, 0) is 6.03 Å². The number of oxazole rings is 1. The van der Waals surface area contributed by atoms with E-state index in [1.807, 2.05) is 77.4 Å². The van der Waals surface area contributed by atoms with Crippen molar-refractivity contribution in [2.45, 2.75) is 6.03 Å². The SMILES string of the molecule is c1ccc(-n2c3[n+](c4ccccc42)C2(Oc4ccccc4-c4oc5ccccc5[n+]42)Oc2ccccc2-3)cc1. The Morgan fingerprint density at radius 3 is 1.97 bits per heavy atom. The van der Waals surface area contributed by atoms with Gasteiger partial charge in [0.2, 0.25) is 5.58 Å². The lowest BCUT2D eigenvalue weighted by Crippen LogP contribution is -2.82. The topological polar surface area (TPSA) is 44.3 Å². The summed E-state index contributed by atoms with van der Waals surface area (Å²) in [6.07, 6.45) is 0. The molecule has 1 atom stereocenters. The molecule has 6 nitrogen and oxygen atoms in total. The van der Waals surface area contributed by atoms with Crippen LogP contribution in [0.5, 0.6) is 11.5 Å². The molecule has 0 amide bonds. The molecular formula is C33H21N3O3+2. The van der Waals surface area contributed by atoms with E-state index < -0.39 is 6.03 Å². The van der Waals surface area contributed by atoms with Gasteiger partial charge in [0.1, 0.15) is 16.8 Å². The Labute approximate surface area is 223 Å². The van der Waals surface area contributed by atoms with E-state index in [4.69, 9.17) is 13.9 Å². The average molecular weight is 508 g/mol. The minimum absolute atomic E-state index is 0.674. The van der Waals surface area contributed by atoms with Gasteiger partial charge in [0.15, 0.2) is 22.5 Å². The van der Waals surface area contributed by atoms with Crippen molar-refractivity contribution in [3.05, 3.63) is 127 Å². The van der Waals surface area contributed by atoms with E-state index in [1.54, 1.807) is 0 Å². The van der Waals surface area contributed by atoms with Crippen molar-refractivity contribution in [3.63, 3.8) is 0 Å². The number of hydrogen-bond acceptors (Lipinski definition) is 3. The van der Waals surface area contributed by atoms with Gasteiger partial charge in [0.25, 0.3) is 5.52 Å². The van der Waals surface area contributed by atoms with Crippen molar-refractivity contribution < 1.29 is 23.0 Å². The number of para-hydroxylation sites is 7. The van der Waals surface area contributed by atoms with E-state index in [9.17, 15) is 0 Å². The summed E-state index contributed by atoms with van der Waals surface area (Å²) in [4.78, 5) is 0. The normalized spacial score (nSPS) is 16.7. The summed E-state index contributed by atoms with van der Waals surface area (Å²) in [6.45, 7) is 0. The van der Waals surface area contributed by atoms with E-state index in [1.165, 1.54) is 0 Å². The average Bonchev–Trinajstić information content (AvgIpc) is 3.56. The number of ether oxygens (including phenoxy) is 2. The summed E-state index contributed by atoms with van der Waals surface area (Å²) in [7, 11) is 0. The first-order valence-electron chi connectivity index (χ1n) is 13.0. The predicted octanol–water partition coefficient (Wildman–Crippen LogP) is 6.19. The highest BCUT2D eigenvalue weighted by Gasteiger charge is 2.67. The van der Waals surface area contributed by atoms with Crippen LogP contribution in [0.1, 0.15) is 0 Å². The third-order valence-electron chi connectivity index (χ3n) is 7.61. The summed E-state index contributed by atoms with van der Waals surface area (Å²) in [6, 6.07) is 41.4. The van der Waals surface area contributed by atoms with E-state index in [0.717, 1.165) is 50.5 Å². The van der Waals surface area contributed by atoms with Gasteiger partial charge in [0.05, 0.1) is 0 Å². The van der Waals surface area contributed by atoms with Gasteiger partial charge in [-0.05, 0) is 59.2 Å². The van der Waals surface area contributed by atoms with Gasteiger partial charge in [-0.3, -0.25) is 0 Å². The maximum Gasteiger partial charge on any atom is 0.657 e. The standard InChI is InChI=1S/C33H21N3O3/c1-2-12-22(13-3-1)34-25-16-6-7-17-26(25)35-31(34)23-14-4-9-19-28(23)38-33(35)36-27-18-8-11-21-30(27)37-32(36)24-15-5-10-20-29(24)39-33/h1-21H/q+2. The van der Waals surface area contributed by atoms with Crippen molar-refractivity contribution in [1.82, 2.24) is 4.57 Å². The van der Waals surface area contributed by atoms with Crippen molar-refractivity contribution in [3.8, 4) is 40.0 Å². The van der Waals surface area contributed by atoms with Crippen LogP contribution >= 0.6 is 0 Å². The molecule has 0 fully saturated rings. The zero-order chi connectivity index (χ0) is 25.6. The Hall–Kier alpha value is -5.36. The van der Waals surface area contributed by atoms with Crippen LogP contribution in [0.4, 0.5) is 0 Å². The highest BCUT2D eigenvalue weighted by molar-refractivity contribution is 5.81. The van der Waals surface area contributed by atoms with Gasteiger partial charge >= 0.3 is 17.8 Å². The monoisotopic (exact) mass is 507 g/mol. The highest BCUT2D eigenvalue weighted by atomic mass is 16.7. The molecule has 2 aliphatic rings. The van der Waals surface area contributed by atoms with Gasteiger partial charge in [0, 0.05) is 6.07 Å². The molecule has 6 heteroatoms. The molecule has 2 aromatic heterocycles. The molecule has 5 aromatic carbocycles. The lowest BCUT2D eigenvalue weighted by Gasteiger charge is -2.31. The highest BCUT2D eigenvalue weighted by Crippen LogP contribution is 2.44. The van der Waals surface area contributed by atoms with Gasteiger partial charge in [-0.1, -0.05) is 71.3 Å². The quantitative estimate of drug-likeness (QED) is 0.249. The Morgan fingerprint density at radius 1 is 0.538 bits per heavy atom. The number of fused-ring (bicyclic) bond motifs is 12. The molecule has 7 aromatic rings. The van der Waals surface area contributed by atoms with Crippen molar-refractivity contribution in [1.29, 1.82) is 0 Å². The van der Waals surface area contributed by atoms with Crippen LogP contribution in [0.25, 0.3) is 50.7 Å². The molecule has 4 heterocycles. The fourth-order valence-corrected chi connectivity index (χ4v) is 6.04. The van der Waals surface area contributed by atoms with Gasteiger partial charge < -0.3 is 13.9 Å². The Bertz CT molecular complexity index is 2090. The summed E-state index contributed by atoms with van der Waals surface area (Å²) in [5.74, 6) is 3.03. The zero-order valence-corrected chi connectivity index (χ0v) is 20.7. The molecule has 0 bridgehead atoms. The van der Waals surface area contributed by atoms with Gasteiger partial charge in [-0.25, -0.2) is 0 Å². The minimum atomic E-state index is -1.43. The number of rotatable bonds is 1. The van der Waals surface area contributed by atoms with Gasteiger partial charge in [-0.2, -0.15) is 4.57 Å². The fourth-order valence-electron chi connectivity index (χ4n) is 6.04. The number of aromatic nitrogens is 3. The second-order valence-electron chi connectivity index (χ2n) is 9.77. The van der Waals surface area contributed by atoms with Gasteiger partial charge in [-0.15, -0.1) is 0 Å². The third-order valence-corrected chi connectivity index (χ3v) is 7.61. The van der Waals surface area contributed by atoms with Crippen LogP contribution in [0.3, 0.4) is 0 Å². The molecule has 0 saturated carbocycles. The van der Waals surface area contributed by atoms with Crippen molar-refractivity contribution in [2.75, 3.05) is 0 Å². The summed E-state index contributed by atoms with van der Waals surface area (Å²) in [5, 5.41) is 0. The van der Waals surface area contributed by atoms with Crippen LogP contribution in [0, 0.1) is 0 Å². The number of imidazole rings is 1. The molecule has 0 aliphatic carbocycles. The minimum Gasteiger partial charge on any atom is -0.397 e. The number of hydrogen-bond donors (Lipinski definition) is 0. The number of benzene rings is 5. The molecule has 2 aliphatic heterocycles. The fraction of sp³-hybridized carbons (Fsp3) is 0.0303. The van der Waals surface area contributed by atoms with Crippen molar-refractivity contribution in [2.24, 2.45) is 0 Å². The molecule has 1 spiro atoms. The smallest absolute Gasteiger partial charge is 0.397 e. The van der Waals surface area contributed by atoms with Crippen LogP contribution in [-0.4, -0.2) is 4.57 Å². The van der Waals surface area contributed by atoms with Crippen molar-refractivity contribution >= 4 is 22.1 Å². The molecule has 184 valence electrons. The molecular weight excluding hydrogens is 486 g/mol. The Morgan fingerprint density at radius 2 is 1.15 bits per heavy atom. The first-order valence-corrected chi connectivity index (χ1v) is 13.0. The third kappa shape index (κ3) is 2.60. The maximum absolute atomic E-state index is 7.02. The first-order chi connectivity index (χ1) is 19.3. The van der Waals surface area contributed by atoms with E-state index in [-0.39, 0.29) is 0 Å². The molecule has 39 heavy (non-hydrogen) atoms. The van der Waals surface area contributed by atoms with E-state index >= 15 is 0 Å². The van der Waals surface area contributed by atoms with Crippen LogP contribution in [0.2, 0.25) is 0 Å². The Kier molecular flexibility index (Phi) is 3.90. The zero-order valence-electron chi connectivity index (χ0n) is 20.7. The summed E-state index contributed by atoms with van der Waals surface area (Å²) < 4.78 is 27.1. The second kappa shape index (κ2) is 7.36. The maximum atomic E-state index is 7.02. The summed E-state index contributed by atoms with van der Waals surface area (Å²) in [5.41, 5.74) is 6.52. The lowest BCUT2D eigenvalue weighted by atomic mass is 10.1. The lowest BCUT2D eigenvalue weighted by molar-refractivity contribution is -1.04. The first kappa shape index (κ1) is 20.7. The van der Waals surface area contributed by atoms with E-state index in [0.29, 0.717) is 11.6 Å². The number of nitrogens with zero attached hydrogens (tertiary/aromatic N) is 3. The summed E-state index contributed by atoms with van der Waals surface area (Å²) >= 11 is 0. The molecule has 9 rings (SSSR count). The van der Waals surface area contributed by atoms with Crippen LogP contribution < -0.4 is 18.6 Å². The predicted molar refractivity (Wildman–Crippen MR) is 145 cm³/mol. The molecule has 1 unspecified atom stereocenters. The van der Waals surface area contributed by atoms with Crippen LogP contribution in [0.15, 0.2) is 132 Å². The largest absolute Gasteiger partial charge is 0.657 e. The second-order valence-corrected chi connectivity index (χ2v) is 9.77. The molecule has 0 saturated heterocycles. The Balaban J connectivity index is 1.51. The molecule has 0 radical (unpaired) electrons. The van der Waals surface area contributed by atoms with E-state index in [2.05, 4.69) is 63.7 Å².